The zero-order chi connectivity index (χ0) is 16.0. The maximum absolute atomic E-state index is 11.8. The van der Waals surface area contributed by atoms with Gasteiger partial charge in [-0.25, -0.2) is 18.0 Å². The number of halogens is 1. The second-order valence-electron chi connectivity index (χ2n) is 4.39. The van der Waals surface area contributed by atoms with E-state index in [4.69, 9.17) is 5.11 Å². The summed E-state index contributed by atoms with van der Waals surface area (Å²) in [7, 11) is -3.29. The maximum Gasteiger partial charge on any atom is 0.326 e. The van der Waals surface area contributed by atoms with Gasteiger partial charge in [0.25, 0.3) is 0 Å². The van der Waals surface area contributed by atoms with E-state index in [1.165, 1.54) is 0 Å². The number of hydrogen-bond donors (Lipinski definition) is 3. The number of carbonyl (C=O) groups is 2. The fourth-order valence-electron chi connectivity index (χ4n) is 1.47. The Balaban J connectivity index is 2.65. The van der Waals surface area contributed by atoms with E-state index in [1.807, 2.05) is 22.6 Å². The van der Waals surface area contributed by atoms with Crippen LogP contribution in [0.4, 0.5) is 10.5 Å². The standard InChI is InChI=1S/C12H15IN2O5S/c1-21(19,20)7-6-10(11(16)17)15-12(18)14-9-5-3-2-4-8(9)13/h2-5,10H,6-7H2,1H3,(H,16,17)(H2,14,15,18). The molecule has 0 heterocycles. The molecule has 0 bridgehead atoms. The summed E-state index contributed by atoms with van der Waals surface area (Å²) in [4.78, 5) is 22.8. The summed E-state index contributed by atoms with van der Waals surface area (Å²) in [6.45, 7) is 0. The average molecular weight is 426 g/mol. The van der Waals surface area contributed by atoms with Gasteiger partial charge in [-0.2, -0.15) is 0 Å². The van der Waals surface area contributed by atoms with Crippen LogP contribution >= 0.6 is 22.6 Å². The van der Waals surface area contributed by atoms with E-state index in [1.54, 1.807) is 24.3 Å². The molecule has 21 heavy (non-hydrogen) atoms. The molecule has 1 aromatic carbocycles. The monoisotopic (exact) mass is 426 g/mol. The first-order chi connectivity index (χ1) is 9.69. The van der Waals surface area contributed by atoms with E-state index in [0.29, 0.717) is 5.69 Å². The van der Waals surface area contributed by atoms with Gasteiger partial charge in [0, 0.05) is 9.83 Å². The summed E-state index contributed by atoms with van der Waals surface area (Å²) in [5.41, 5.74) is 0.544. The zero-order valence-corrected chi connectivity index (χ0v) is 14.1. The van der Waals surface area contributed by atoms with Crippen LogP contribution in [0, 0.1) is 3.57 Å². The number of para-hydroxylation sites is 1. The van der Waals surface area contributed by atoms with Gasteiger partial charge in [0.05, 0.1) is 11.4 Å². The normalized spacial score (nSPS) is 12.5. The molecule has 1 atom stereocenters. The van der Waals surface area contributed by atoms with Crippen LogP contribution in [0.2, 0.25) is 0 Å². The van der Waals surface area contributed by atoms with Crippen LogP contribution < -0.4 is 10.6 Å². The number of urea groups is 1. The van der Waals surface area contributed by atoms with Crippen LogP contribution in [-0.2, 0) is 14.6 Å². The second kappa shape index (κ2) is 7.59. The summed E-state index contributed by atoms with van der Waals surface area (Å²) < 4.78 is 22.9. The van der Waals surface area contributed by atoms with E-state index >= 15 is 0 Å². The van der Waals surface area contributed by atoms with Gasteiger partial charge >= 0.3 is 12.0 Å². The minimum Gasteiger partial charge on any atom is -0.480 e. The fraction of sp³-hybridized carbons (Fsp3) is 0.333. The highest BCUT2D eigenvalue weighted by atomic mass is 127. The molecule has 0 aliphatic heterocycles. The molecule has 1 aromatic rings. The van der Waals surface area contributed by atoms with Crippen LogP contribution in [0.3, 0.4) is 0 Å². The molecule has 116 valence electrons. The molecular formula is C12H15IN2O5S. The van der Waals surface area contributed by atoms with Crippen molar-refractivity contribution in [1.82, 2.24) is 5.32 Å². The highest BCUT2D eigenvalue weighted by Crippen LogP contribution is 2.16. The van der Waals surface area contributed by atoms with Crippen LogP contribution in [-0.4, -0.2) is 43.6 Å². The van der Waals surface area contributed by atoms with Gasteiger partial charge < -0.3 is 15.7 Å². The van der Waals surface area contributed by atoms with Crippen molar-refractivity contribution in [3.63, 3.8) is 0 Å². The predicted molar refractivity (Wildman–Crippen MR) is 87.1 cm³/mol. The number of carboxylic acids is 1. The van der Waals surface area contributed by atoms with Crippen molar-refractivity contribution in [2.24, 2.45) is 0 Å². The van der Waals surface area contributed by atoms with Crippen molar-refractivity contribution in [3.8, 4) is 0 Å². The average Bonchev–Trinajstić information content (AvgIpc) is 2.36. The summed E-state index contributed by atoms with van der Waals surface area (Å²) >= 11 is 2.03. The summed E-state index contributed by atoms with van der Waals surface area (Å²) in [5.74, 6) is -1.59. The Morgan fingerprint density at radius 2 is 1.95 bits per heavy atom. The van der Waals surface area contributed by atoms with E-state index in [9.17, 15) is 18.0 Å². The van der Waals surface area contributed by atoms with Crippen molar-refractivity contribution >= 4 is 50.1 Å². The van der Waals surface area contributed by atoms with Gasteiger partial charge in [0.15, 0.2) is 0 Å². The van der Waals surface area contributed by atoms with Crippen molar-refractivity contribution in [3.05, 3.63) is 27.8 Å². The number of nitrogens with one attached hydrogen (secondary N) is 2. The first kappa shape index (κ1) is 17.7. The number of aliphatic carboxylic acids is 1. The SMILES string of the molecule is CS(=O)(=O)CCC(NC(=O)Nc1ccccc1I)C(=O)O. The van der Waals surface area contributed by atoms with Crippen LogP contribution in [0.5, 0.6) is 0 Å². The molecular weight excluding hydrogens is 411 g/mol. The zero-order valence-electron chi connectivity index (χ0n) is 11.2. The number of rotatable bonds is 6. The Morgan fingerprint density at radius 1 is 1.33 bits per heavy atom. The van der Waals surface area contributed by atoms with E-state index < -0.39 is 27.9 Å². The molecule has 0 radical (unpaired) electrons. The van der Waals surface area contributed by atoms with Gasteiger partial charge in [-0.05, 0) is 41.1 Å². The van der Waals surface area contributed by atoms with Crippen LogP contribution in [0.1, 0.15) is 6.42 Å². The molecule has 1 unspecified atom stereocenters. The molecule has 0 aliphatic rings. The molecule has 1 rings (SSSR count). The molecule has 2 amide bonds. The number of hydrogen-bond acceptors (Lipinski definition) is 4. The fourth-order valence-corrected chi connectivity index (χ4v) is 2.65. The van der Waals surface area contributed by atoms with Gasteiger partial charge in [0.2, 0.25) is 0 Å². The number of anilines is 1. The quantitative estimate of drug-likeness (QED) is 0.594. The highest BCUT2D eigenvalue weighted by molar-refractivity contribution is 14.1. The van der Waals surface area contributed by atoms with E-state index in [0.717, 1.165) is 9.83 Å². The van der Waals surface area contributed by atoms with Gasteiger partial charge in [0.1, 0.15) is 15.9 Å². The Labute approximate surface area is 136 Å². The lowest BCUT2D eigenvalue weighted by atomic mass is 10.2. The minimum absolute atomic E-state index is 0.187. The number of sulfone groups is 1. The van der Waals surface area contributed by atoms with Crippen LogP contribution in [0.25, 0.3) is 0 Å². The van der Waals surface area contributed by atoms with E-state index in [2.05, 4.69) is 10.6 Å². The third-order valence-electron chi connectivity index (χ3n) is 2.50. The molecule has 0 saturated heterocycles. The van der Waals surface area contributed by atoms with Crippen molar-refractivity contribution in [2.75, 3.05) is 17.3 Å². The summed E-state index contributed by atoms with van der Waals surface area (Å²) in [6.07, 6.45) is 0.825. The van der Waals surface area contributed by atoms with Gasteiger partial charge in [-0.3, -0.25) is 0 Å². The Morgan fingerprint density at radius 3 is 2.48 bits per heavy atom. The highest BCUT2D eigenvalue weighted by Gasteiger charge is 2.21. The van der Waals surface area contributed by atoms with Crippen molar-refractivity contribution in [1.29, 1.82) is 0 Å². The number of carbonyl (C=O) groups excluding carboxylic acids is 1. The van der Waals surface area contributed by atoms with Crippen molar-refractivity contribution < 1.29 is 23.1 Å². The lowest BCUT2D eigenvalue weighted by molar-refractivity contribution is -0.139. The van der Waals surface area contributed by atoms with Gasteiger partial charge in [-0.1, -0.05) is 12.1 Å². The summed E-state index contributed by atoms with van der Waals surface area (Å²) in [6, 6.07) is 5.04. The molecule has 0 aliphatic carbocycles. The Bertz CT molecular complexity index is 632. The molecule has 7 nitrogen and oxygen atoms in total. The van der Waals surface area contributed by atoms with Crippen LogP contribution in [0.15, 0.2) is 24.3 Å². The maximum atomic E-state index is 11.8. The minimum atomic E-state index is -3.29. The molecule has 3 N–H and O–H groups in total. The number of amides is 2. The third kappa shape index (κ3) is 6.76. The molecule has 0 fully saturated rings. The first-order valence-electron chi connectivity index (χ1n) is 5.91. The molecule has 0 saturated carbocycles. The molecule has 0 spiro atoms. The van der Waals surface area contributed by atoms with Gasteiger partial charge in [-0.15, -0.1) is 0 Å². The first-order valence-corrected chi connectivity index (χ1v) is 9.05. The Kier molecular flexibility index (Phi) is 6.40. The lowest BCUT2D eigenvalue weighted by Crippen LogP contribution is -2.44. The lowest BCUT2D eigenvalue weighted by Gasteiger charge is -2.15. The second-order valence-corrected chi connectivity index (χ2v) is 7.81. The topological polar surface area (TPSA) is 113 Å². The largest absolute Gasteiger partial charge is 0.480 e. The molecule has 9 heteroatoms. The smallest absolute Gasteiger partial charge is 0.326 e. The molecule has 0 aromatic heterocycles. The summed E-state index contributed by atoms with van der Waals surface area (Å²) in [5, 5.41) is 13.8. The number of carboxylic acid groups (broad SMARTS) is 1. The number of benzene rings is 1. The van der Waals surface area contributed by atoms with E-state index in [-0.39, 0.29) is 12.2 Å². The van der Waals surface area contributed by atoms with Crippen molar-refractivity contribution in [2.45, 2.75) is 12.5 Å². The Hall–Kier alpha value is -1.36. The third-order valence-corrected chi connectivity index (χ3v) is 4.42. The predicted octanol–water partition coefficient (Wildman–Crippen LogP) is 1.30.